The lowest BCUT2D eigenvalue weighted by molar-refractivity contribution is -0.122. The summed E-state index contributed by atoms with van der Waals surface area (Å²) < 4.78 is 6.22. The Morgan fingerprint density at radius 1 is 1.00 bits per heavy atom. The molecule has 3 aromatic carbocycles. The van der Waals surface area contributed by atoms with Crippen LogP contribution in [0.1, 0.15) is 39.6 Å². The third kappa shape index (κ3) is 5.47. The highest BCUT2D eigenvalue weighted by Crippen LogP contribution is 2.41. The first kappa shape index (κ1) is 30.2. The summed E-state index contributed by atoms with van der Waals surface area (Å²) in [6.45, 7) is 3.32. The molecule has 3 unspecified atom stereocenters. The van der Waals surface area contributed by atoms with Crippen molar-refractivity contribution in [3.63, 3.8) is 0 Å². The smallest absolute Gasteiger partial charge is 0.339 e. The monoisotopic (exact) mass is 690 g/mol. The van der Waals surface area contributed by atoms with Gasteiger partial charge in [0.2, 0.25) is 17.6 Å². The average Bonchev–Trinajstić information content (AvgIpc) is 3.25. The standard InChI is InChI=1S/C34H25BrCl2N2O5/c1-17-4-3-5-24-30(17)33(42)39(32(24)41)22-9-6-19(7-10-22)28-15-26(25-13-20(35)12-18(2)31(25)38-28)34(43)44-16-29(40)23-11-8-21(36)14-27(23)37/h3-4,6-15,17,24,30H,5,16H2,1-2H3. The van der Waals surface area contributed by atoms with Crippen LogP contribution in [0.3, 0.4) is 0 Å². The van der Waals surface area contributed by atoms with E-state index in [4.69, 9.17) is 32.9 Å². The SMILES string of the molecule is Cc1cc(Br)cc2c(C(=O)OCC(=O)c3ccc(Cl)cc3Cl)cc(-c3ccc(N4C(=O)C5CC=CC(C)C5C4=O)cc3)nc12. The summed E-state index contributed by atoms with van der Waals surface area (Å²) in [6.07, 6.45) is 4.53. The second-order valence-electron chi connectivity index (χ2n) is 11.0. The highest BCUT2D eigenvalue weighted by Gasteiger charge is 2.50. The molecule has 2 amide bonds. The zero-order chi connectivity index (χ0) is 31.3. The van der Waals surface area contributed by atoms with E-state index in [2.05, 4.69) is 15.9 Å². The molecule has 0 bridgehead atoms. The van der Waals surface area contributed by atoms with Gasteiger partial charge in [0.1, 0.15) is 0 Å². The predicted molar refractivity (Wildman–Crippen MR) is 173 cm³/mol. The molecule has 1 fully saturated rings. The molecule has 1 aromatic heterocycles. The van der Waals surface area contributed by atoms with Crippen LogP contribution in [0.25, 0.3) is 22.2 Å². The first-order chi connectivity index (χ1) is 21.0. The summed E-state index contributed by atoms with van der Waals surface area (Å²) in [5, 5.41) is 1.11. The number of carbonyl (C=O) groups excluding carboxylic acids is 4. The number of fused-ring (bicyclic) bond motifs is 2. The van der Waals surface area contributed by atoms with Crippen molar-refractivity contribution >= 4 is 79.3 Å². The number of ketones is 1. The third-order valence-electron chi connectivity index (χ3n) is 8.15. The molecule has 0 radical (unpaired) electrons. The van der Waals surface area contributed by atoms with E-state index in [1.54, 1.807) is 36.4 Å². The van der Waals surface area contributed by atoms with Crippen molar-refractivity contribution < 1.29 is 23.9 Å². The summed E-state index contributed by atoms with van der Waals surface area (Å²) in [7, 11) is 0. The van der Waals surface area contributed by atoms with Gasteiger partial charge in [0, 0.05) is 26.0 Å². The van der Waals surface area contributed by atoms with E-state index in [-0.39, 0.29) is 45.7 Å². The normalized spacial score (nSPS) is 19.4. The topological polar surface area (TPSA) is 93.6 Å². The lowest BCUT2D eigenvalue weighted by Crippen LogP contribution is -2.31. The second kappa shape index (κ2) is 11.9. The molecule has 3 atom stereocenters. The second-order valence-corrected chi connectivity index (χ2v) is 12.8. The van der Waals surface area contributed by atoms with E-state index >= 15 is 0 Å². The van der Waals surface area contributed by atoms with Crippen LogP contribution in [0.15, 0.2) is 77.3 Å². The van der Waals surface area contributed by atoms with Gasteiger partial charge in [-0.1, -0.05) is 70.3 Å². The maximum Gasteiger partial charge on any atom is 0.339 e. The molecular formula is C34H25BrCl2N2O5. The van der Waals surface area contributed by atoms with Crippen molar-refractivity contribution in [1.82, 2.24) is 4.98 Å². The minimum Gasteiger partial charge on any atom is -0.454 e. The molecule has 7 nitrogen and oxygen atoms in total. The van der Waals surface area contributed by atoms with E-state index in [1.165, 1.54) is 23.1 Å². The van der Waals surface area contributed by atoms with Crippen molar-refractivity contribution in [3.05, 3.63) is 104 Å². The van der Waals surface area contributed by atoms with Gasteiger partial charge >= 0.3 is 5.97 Å². The number of pyridine rings is 1. The maximum atomic E-state index is 13.4. The van der Waals surface area contributed by atoms with Gasteiger partial charge in [-0.3, -0.25) is 19.3 Å². The molecule has 0 N–H and O–H groups in total. The number of Topliss-reactive ketones (excluding diaryl/α,β-unsaturated/α-hetero) is 1. The first-order valence-electron chi connectivity index (χ1n) is 13.9. The Morgan fingerprint density at radius 3 is 2.45 bits per heavy atom. The molecule has 1 aliphatic carbocycles. The van der Waals surface area contributed by atoms with Crippen LogP contribution in [0.2, 0.25) is 10.0 Å². The van der Waals surface area contributed by atoms with Gasteiger partial charge in [0.25, 0.3) is 0 Å². The fourth-order valence-corrected chi connectivity index (χ4v) is 7.04. The van der Waals surface area contributed by atoms with E-state index in [0.29, 0.717) is 39.3 Å². The quantitative estimate of drug-likeness (QED) is 0.0880. The number of carbonyl (C=O) groups is 4. The van der Waals surface area contributed by atoms with Crippen LogP contribution >= 0.6 is 39.1 Å². The Morgan fingerprint density at radius 2 is 1.75 bits per heavy atom. The number of nitrogens with zero attached hydrogens (tertiary/aromatic N) is 2. The van der Waals surface area contributed by atoms with Crippen molar-refractivity contribution in [2.45, 2.75) is 20.3 Å². The molecule has 1 saturated heterocycles. The molecule has 1 aliphatic heterocycles. The Labute approximate surface area is 271 Å². The molecule has 10 heteroatoms. The van der Waals surface area contributed by atoms with Gasteiger partial charge < -0.3 is 4.74 Å². The summed E-state index contributed by atoms with van der Waals surface area (Å²) >= 11 is 15.6. The van der Waals surface area contributed by atoms with Crippen LogP contribution < -0.4 is 4.90 Å². The van der Waals surface area contributed by atoms with E-state index in [0.717, 1.165) is 10.0 Å². The summed E-state index contributed by atoms with van der Waals surface area (Å²) in [5.41, 5.74) is 3.48. The van der Waals surface area contributed by atoms with Gasteiger partial charge in [-0.15, -0.1) is 0 Å². The van der Waals surface area contributed by atoms with Crippen molar-refractivity contribution in [1.29, 1.82) is 0 Å². The Balaban J connectivity index is 1.31. The number of hydrogen-bond acceptors (Lipinski definition) is 6. The van der Waals surface area contributed by atoms with Crippen LogP contribution in [-0.4, -0.2) is 35.2 Å². The van der Waals surface area contributed by atoms with E-state index in [9.17, 15) is 19.2 Å². The molecule has 6 rings (SSSR count). The minimum atomic E-state index is -0.704. The number of esters is 1. The average molecular weight is 692 g/mol. The lowest BCUT2D eigenvalue weighted by atomic mass is 9.78. The number of imide groups is 1. The van der Waals surface area contributed by atoms with E-state index < -0.39 is 18.4 Å². The number of halogens is 3. The van der Waals surface area contributed by atoms with Crippen LogP contribution in [0, 0.1) is 24.7 Å². The first-order valence-corrected chi connectivity index (χ1v) is 15.5. The van der Waals surface area contributed by atoms with E-state index in [1.807, 2.05) is 32.1 Å². The van der Waals surface area contributed by atoms with Gasteiger partial charge in [-0.25, -0.2) is 9.78 Å². The van der Waals surface area contributed by atoms with Crippen LogP contribution in [0.4, 0.5) is 5.69 Å². The Hall–Kier alpha value is -3.85. The molecule has 44 heavy (non-hydrogen) atoms. The summed E-state index contributed by atoms with van der Waals surface area (Å²) in [5.74, 6) is -2.25. The largest absolute Gasteiger partial charge is 0.454 e. The van der Waals surface area contributed by atoms with Crippen LogP contribution in [-0.2, 0) is 14.3 Å². The zero-order valence-electron chi connectivity index (χ0n) is 23.6. The molecule has 222 valence electrons. The zero-order valence-corrected chi connectivity index (χ0v) is 26.7. The Bertz CT molecular complexity index is 1910. The van der Waals surface area contributed by atoms with Gasteiger partial charge in [0.15, 0.2) is 6.61 Å². The molecule has 4 aromatic rings. The van der Waals surface area contributed by atoms with Gasteiger partial charge in [-0.05, 0) is 73.4 Å². The minimum absolute atomic E-state index is 0.00352. The fraction of sp³-hybridized carbons (Fsp3) is 0.206. The van der Waals surface area contributed by atoms with Gasteiger partial charge in [0.05, 0.1) is 39.3 Å². The molecule has 2 heterocycles. The summed E-state index contributed by atoms with van der Waals surface area (Å²) in [4.78, 5) is 58.8. The predicted octanol–water partition coefficient (Wildman–Crippen LogP) is 8.02. The number of ether oxygens (including phenoxy) is 1. The fourth-order valence-electron chi connectivity index (χ4n) is 5.96. The number of anilines is 1. The number of benzene rings is 3. The van der Waals surface area contributed by atoms with Crippen LogP contribution in [0.5, 0.6) is 0 Å². The third-order valence-corrected chi connectivity index (χ3v) is 9.15. The maximum absolute atomic E-state index is 13.4. The number of rotatable bonds is 6. The number of aromatic nitrogens is 1. The highest BCUT2D eigenvalue weighted by atomic mass is 79.9. The molecule has 2 aliphatic rings. The van der Waals surface area contributed by atoms with Crippen molar-refractivity contribution in [2.75, 3.05) is 11.5 Å². The molecule has 0 saturated carbocycles. The Kier molecular flexibility index (Phi) is 8.18. The van der Waals surface area contributed by atoms with Crippen molar-refractivity contribution in [3.8, 4) is 11.3 Å². The number of hydrogen-bond donors (Lipinski definition) is 0. The number of allylic oxidation sites excluding steroid dienone is 2. The number of amides is 2. The van der Waals surface area contributed by atoms with Gasteiger partial charge in [-0.2, -0.15) is 0 Å². The van der Waals surface area contributed by atoms with Crippen molar-refractivity contribution in [2.24, 2.45) is 17.8 Å². The lowest BCUT2D eigenvalue weighted by Gasteiger charge is -2.22. The summed E-state index contributed by atoms with van der Waals surface area (Å²) in [6, 6.07) is 16.7. The molecular weight excluding hydrogens is 667 g/mol. The molecule has 0 spiro atoms. The highest BCUT2D eigenvalue weighted by molar-refractivity contribution is 9.10. The number of aryl methyl sites for hydroxylation is 1.